The van der Waals surface area contributed by atoms with Gasteiger partial charge in [0.25, 0.3) is 0 Å². The number of aryl methyl sites for hydroxylation is 2. The molecule has 3 fully saturated rings. The fourth-order valence-corrected chi connectivity index (χ4v) is 8.38. The van der Waals surface area contributed by atoms with E-state index < -0.39 is 0 Å². The van der Waals surface area contributed by atoms with Crippen LogP contribution in [0.3, 0.4) is 0 Å². The van der Waals surface area contributed by atoms with Crippen molar-refractivity contribution in [3.8, 4) is 0 Å². The van der Waals surface area contributed by atoms with Gasteiger partial charge in [0, 0.05) is 36.8 Å². The standard InChI is InChI=1S/C31H40ClN3O/c1-21-8-5-6-11-24(21)23-15-17-35(28(18-23)22-9-3-2-4-10-22)30(36)26-19-33-20-31(26)16-7-12-27-25(31)13-14-29(32)34-27/h5-6,8,11,13-14,22-23,26,28,33H,2-4,7,9-10,12,15-20H2,1H3. The molecule has 0 radical (unpaired) electrons. The molecular weight excluding hydrogens is 466 g/mol. The maximum atomic E-state index is 14.6. The minimum absolute atomic E-state index is 0.0133. The fourth-order valence-electron chi connectivity index (χ4n) is 8.22. The summed E-state index contributed by atoms with van der Waals surface area (Å²) in [6, 6.07) is 13.3. The molecule has 1 spiro atoms. The maximum Gasteiger partial charge on any atom is 0.228 e. The lowest BCUT2D eigenvalue weighted by molar-refractivity contribution is -0.143. The van der Waals surface area contributed by atoms with Crippen molar-refractivity contribution >= 4 is 17.5 Å². The Morgan fingerprint density at radius 1 is 1.08 bits per heavy atom. The van der Waals surface area contributed by atoms with Crippen LogP contribution in [0.25, 0.3) is 0 Å². The van der Waals surface area contributed by atoms with Crippen LogP contribution in [0.2, 0.25) is 5.15 Å². The highest BCUT2D eigenvalue weighted by Gasteiger charge is 2.52. The maximum absolute atomic E-state index is 14.6. The van der Waals surface area contributed by atoms with Crippen molar-refractivity contribution in [1.29, 1.82) is 0 Å². The number of carbonyl (C=O) groups excluding carboxylic acids is 1. The van der Waals surface area contributed by atoms with Crippen molar-refractivity contribution in [3.63, 3.8) is 0 Å². The number of fused-ring (bicyclic) bond motifs is 2. The van der Waals surface area contributed by atoms with Gasteiger partial charge in [-0.1, -0.05) is 61.2 Å². The number of piperidine rings is 1. The molecule has 4 aliphatic rings. The third-order valence-electron chi connectivity index (χ3n) is 10.0. The number of halogens is 1. The molecule has 3 heterocycles. The first-order valence-electron chi connectivity index (χ1n) is 14.3. The zero-order valence-corrected chi connectivity index (χ0v) is 22.4. The summed E-state index contributed by atoms with van der Waals surface area (Å²) < 4.78 is 0. The van der Waals surface area contributed by atoms with E-state index in [1.165, 1.54) is 48.8 Å². The first-order chi connectivity index (χ1) is 17.6. The first-order valence-corrected chi connectivity index (χ1v) is 14.7. The Morgan fingerprint density at radius 2 is 1.92 bits per heavy atom. The van der Waals surface area contributed by atoms with Gasteiger partial charge in [0.2, 0.25) is 5.91 Å². The first kappa shape index (κ1) is 24.4. The van der Waals surface area contributed by atoms with E-state index in [0.29, 0.717) is 28.9 Å². The van der Waals surface area contributed by atoms with E-state index in [4.69, 9.17) is 16.6 Å². The van der Waals surface area contributed by atoms with Gasteiger partial charge in [-0.25, -0.2) is 4.98 Å². The van der Waals surface area contributed by atoms with Crippen LogP contribution in [-0.4, -0.2) is 41.5 Å². The largest absolute Gasteiger partial charge is 0.339 e. The monoisotopic (exact) mass is 505 g/mol. The number of nitrogens with one attached hydrogen (secondary N) is 1. The van der Waals surface area contributed by atoms with Crippen LogP contribution in [0.4, 0.5) is 0 Å². The fraction of sp³-hybridized carbons (Fsp3) is 0.613. The molecule has 192 valence electrons. The number of amides is 1. The van der Waals surface area contributed by atoms with Crippen LogP contribution in [0.5, 0.6) is 0 Å². The molecule has 1 N–H and O–H groups in total. The number of nitrogens with zero attached hydrogens (tertiary/aromatic N) is 2. The smallest absolute Gasteiger partial charge is 0.228 e. The Bertz CT molecular complexity index is 1110. The molecule has 4 unspecified atom stereocenters. The molecule has 1 amide bonds. The summed E-state index contributed by atoms with van der Waals surface area (Å²) in [4.78, 5) is 21.6. The topological polar surface area (TPSA) is 45.2 Å². The Balaban J connectivity index is 1.31. The number of aromatic nitrogens is 1. The highest BCUT2D eigenvalue weighted by molar-refractivity contribution is 6.29. The summed E-state index contributed by atoms with van der Waals surface area (Å²) in [6.07, 6.45) is 11.8. The number of benzene rings is 1. The van der Waals surface area contributed by atoms with Crippen LogP contribution in [0.15, 0.2) is 36.4 Å². The second-order valence-corrected chi connectivity index (χ2v) is 12.3. The summed E-state index contributed by atoms with van der Waals surface area (Å²) in [5, 5.41) is 4.20. The van der Waals surface area contributed by atoms with Gasteiger partial charge in [-0.3, -0.25) is 4.79 Å². The van der Waals surface area contributed by atoms with Crippen LogP contribution in [0, 0.1) is 18.8 Å². The molecule has 2 aliphatic heterocycles. The molecule has 2 saturated heterocycles. The summed E-state index contributed by atoms with van der Waals surface area (Å²) >= 11 is 6.27. The molecule has 6 rings (SSSR count). The van der Waals surface area contributed by atoms with E-state index in [1.807, 2.05) is 6.07 Å². The van der Waals surface area contributed by atoms with Crippen LogP contribution in [-0.2, 0) is 16.6 Å². The SMILES string of the molecule is Cc1ccccc1C1CCN(C(=O)C2CNCC23CCCc2nc(Cl)ccc23)C(C2CCCCC2)C1. The predicted octanol–water partition coefficient (Wildman–Crippen LogP) is 6.19. The van der Waals surface area contributed by atoms with E-state index in [0.717, 1.165) is 57.4 Å². The quantitative estimate of drug-likeness (QED) is 0.506. The third kappa shape index (κ3) is 4.28. The van der Waals surface area contributed by atoms with E-state index in [1.54, 1.807) is 0 Å². The Hall–Kier alpha value is -1.91. The highest BCUT2D eigenvalue weighted by Crippen LogP contribution is 2.47. The van der Waals surface area contributed by atoms with Crippen molar-refractivity contribution in [2.24, 2.45) is 11.8 Å². The number of hydrogen-bond acceptors (Lipinski definition) is 3. The molecule has 5 heteroatoms. The average Bonchev–Trinajstić information content (AvgIpc) is 3.32. The molecule has 1 aromatic carbocycles. The molecule has 2 aliphatic carbocycles. The normalized spacial score (nSPS) is 30.9. The van der Waals surface area contributed by atoms with Gasteiger partial charge in [-0.15, -0.1) is 0 Å². The Labute approximate surface area is 221 Å². The summed E-state index contributed by atoms with van der Waals surface area (Å²) in [5.41, 5.74) is 5.12. The second kappa shape index (κ2) is 10.1. The van der Waals surface area contributed by atoms with Gasteiger partial charge >= 0.3 is 0 Å². The number of rotatable bonds is 3. The van der Waals surface area contributed by atoms with Crippen molar-refractivity contribution in [2.45, 2.75) is 88.5 Å². The van der Waals surface area contributed by atoms with Crippen LogP contribution in [0.1, 0.15) is 86.1 Å². The van der Waals surface area contributed by atoms with E-state index in [2.05, 4.69) is 47.5 Å². The number of pyridine rings is 1. The molecule has 1 saturated carbocycles. The number of carbonyl (C=O) groups is 1. The van der Waals surface area contributed by atoms with Crippen molar-refractivity contribution < 1.29 is 4.79 Å². The average molecular weight is 506 g/mol. The minimum atomic E-state index is -0.147. The lowest BCUT2D eigenvalue weighted by atomic mass is 9.64. The predicted molar refractivity (Wildman–Crippen MR) is 145 cm³/mol. The van der Waals surface area contributed by atoms with Gasteiger partial charge in [0.05, 0.1) is 5.92 Å². The number of likely N-dealkylation sites (tertiary alicyclic amines) is 1. The lowest BCUT2D eigenvalue weighted by Gasteiger charge is -2.48. The Morgan fingerprint density at radius 3 is 2.75 bits per heavy atom. The molecule has 4 atom stereocenters. The number of hydrogen-bond donors (Lipinski definition) is 1. The van der Waals surface area contributed by atoms with E-state index >= 15 is 0 Å². The van der Waals surface area contributed by atoms with Gasteiger partial charge in [-0.2, -0.15) is 0 Å². The van der Waals surface area contributed by atoms with Gasteiger partial charge in [-0.05, 0) is 86.5 Å². The molecule has 0 bridgehead atoms. The zero-order valence-electron chi connectivity index (χ0n) is 21.6. The Kier molecular flexibility index (Phi) is 6.85. The molecule has 4 nitrogen and oxygen atoms in total. The van der Waals surface area contributed by atoms with Gasteiger partial charge < -0.3 is 10.2 Å². The molecule has 2 aromatic rings. The lowest BCUT2D eigenvalue weighted by Crippen LogP contribution is -2.55. The van der Waals surface area contributed by atoms with Crippen LogP contribution < -0.4 is 5.32 Å². The van der Waals surface area contributed by atoms with E-state index in [9.17, 15) is 4.79 Å². The summed E-state index contributed by atoms with van der Waals surface area (Å²) in [7, 11) is 0. The zero-order chi connectivity index (χ0) is 24.7. The van der Waals surface area contributed by atoms with Crippen molar-refractivity contribution in [1.82, 2.24) is 15.2 Å². The van der Waals surface area contributed by atoms with Crippen LogP contribution >= 0.6 is 11.6 Å². The molecule has 1 aromatic heterocycles. The molecule has 36 heavy (non-hydrogen) atoms. The third-order valence-corrected chi connectivity index (χ3v) is 10.2. The molecular formula is C31H40ClN3O. The van der Waals surface area contributed by atoms with E-state index in [-0.39, 0.29) is 11.3 Å². The van der Waals surface area contributed by atoms with Gasteiger partial charge in [0.15, 0.2) is 0 Å². The van der Waals surface area contributed by atoms with Crippen molar-refractivity contribution in [2.75, 3.05) is 19.6 Å². The highest BCUT2D eigenvalue weighted by atomic mass is 35.5. The minimum Gasteiger partial charge on any atom is -0.339 e. The summed E-state index contributed by atoms with van der Waals surface area (Å²) in [5.74, 6) is 1.57. The van der Waals surface area contributed by atoms with Gasteiger partial charge in [0.1, 0.15) is 5.15 Å². The second-order valence-electron chi connectivity index (χ2n) is 11.9. The summed E-state index contributed by atoms with van der Waals surface area (Å²) in [6.45, 7) is 4.78. The van der Waals surface area contributed by atoms with Crippen molar-refractivity contribution in [3.05, 3.63) is 63.9 Å².